The molecule has 2 aromatic heterocycles. The molecule has 0 spiro atoms. The predicted molar refractivity (Wildman–Crippen MR) is 115 cm³/mol. The summed E-state index contributed by atoms with van der Waals surface area (Å²) in [4.78, 5) is 36.3. The van der Waals surface area contributed by atoms with Crippen molar-refractivity contribution < 1.29 is 25.6 Å². The molecular formula is C21H26F3N5O2. The highest BCUT2D eigenvalue weighted by atomic mass is 19.4. The molecule has 0 radical (unpaired) electrons. The summed E-state index contributed by atoms with van der Waals surface area (Å²) < 4.78 is 37.6. The van der Waals surface area contributed by atoms with Crippen LogP contribution in [0, 0.1) is 0 Å². The van der Waals surface area contributed by atoms with Crippen molar-refractivity contribution in [2.24, 2.45) is 0 Å². The van der Waals surface area contributed by atoms with Gasteiger partial charge in [-0.05, 0) is 30.2 Å². The molecule has 0 saturated carbocycles. The molecule has 1 fully saturated rings. The fourth-order valence-corrected chi connectivity index (χ4v) is 3.33. The zero-order valence-electron chi connectivity index (χ0n) is 16.7. The number of amides is 1. The average molecular weight is 437 g/mol. The minimum Gasteiger partial charge on any atom is -0.383 e. The van der Waals surface area contributed by atoms with Crippen molar-refractivity contribution in [3.63, 3.8) is 0 Å². The van der Waals surface area contributed by atoms with Gasteiger partial charge in [-0.2, -0.15) is 13.2 Å². The molecule has 2 N–H and O–H groups in total. The van der Waals surface area contributed by atoms with Gasteiger partial charge in [0, 0.05) is 35.2 Å². The van der Waals surface area contributed by atoms with Crippen molar-refractivity contribution in [3.05, 3.63) is 53.9 Å². The molecule has 0 unspecified atom stereocenters. The van der Waals surface area contributed by atoms with Crippen LogP contribution in [0.5, 0.6) is 0 Å². The molecule has 0 bridgehead atoms. The van der Waals surface area contributed by atoms with Crippen LogP contribution in [-0.2, 0) is 4.79 Å². The average Bonchev–Trinajstić information content (AvgIpc) is 2.99. The maximum absolute atomic E-state index is 12.9. The number of hydrogen-bond acceptors (Lipinski definition) is 6. The van der Waals surface area contributed by atoms with E-state index >= 15 is 0 Å². The van der Waals surface area contributed by atoms with Crippen LogP contribution in [0.15, 0.2) is 37.0 Å². The molecule has 168 valence electrons. The molecule has 2 aromatic rings. The molecule has 1 saturated heterocycles. The Bertz CT molecular complexity index is 1000. The predicted octanol–water partition coefficient (Wildman–Crippen LogP) is 3.42. The summed E-state index contributed by atoms with van der Waals surface area (Å²) >= 11 is 0. The Labute approximate surface area is 180 Å². The van der Waals surface area contributed by atoms with Crippen LogP contribution < -0.4 is 10.6 Å². The summed E-state index contributed by atoms with van der Waals surface area (Å²) in [6, 6.07) is 6.53. The maximum Gasteiger partial charge on any atom is 0.397 e. The first-order valence-electron chi connectivity index (χ1n) is 9.67. The van der Waals surface area contributed by atoms with Crippen molar-refractivity contribution in [2.45, 2.75) is 19.0 Å². The Balaban J connectivity index is 0.00000272. The number of nitrogens with two attached hydrogens (primary N) is 1. The van der Waals surface area contributed by atoms with E-state index in [1.807, 2.05) is 4.90 Å². The highest BCUT2D eigenvalue weighted by molar-refractivity contribution is 6.10. The van der Waals surface area contributed by atoms with Crippen molar-refractivity contribution in [3.8, 4) is 0 Å². The molecule has 7 nitrogen and oxygen atoms in total. The topological polar surface area (TPSA) is 92.4 Å². The minimum atomic E-state index is -4.53. The lowest BCUT2D eigenvalue weighted by atomic mass is 10.1. The highest BCUT2D eigenvalue weighted by Gasteiger charge is 2.34. The van der Waals surface area contributed by atoms with Gasteiger partial charge in [0.25, 0.3) is 0 Å². The standard InChI is InChI=1S/C21H22F3N5O2.2H2/c1-2-14-11-15(20(25)26-13-14)19(31)16-5-3-6-17(27-16)28-7-4-8-29(10-9-28)18(30)12-21(22,23)24;;/h2-3,5-6,11,13H,1,4,7-10,12H2,(H2,25,26);2*1H. The quantitative estimate of drug-likeness (QED) is 0.721. The maximum atomic E-state index is 12.9. The van der Waals surface area contributed by atoms with E-state index in [4.69, 9.17) is 5.73 Å². The lowest BCUT2D eigenvalue weighted by Crippen LogP contribution is -2.37. The Morgan fingerprint density at radius 2 is 2.00 bits per heavy atom. The minimum absolute atomic E-state index is 0. The van der Waals surface area contributed by atoms with Gasteiger partial charge in [0.2, 0.25) is 11.7 Å². The Morgan fingerprint density at radius 1 is 1.23 bits per heavy atom. The number of aromatic nitrogens is 2. The van der Waals surface area contributed by atoms with Gasteiger partial charge in [0.15, 0.2) is 0 Å². The first kappa shape index (κ1) is 22.3. The van der Waals surface area contributed by atoms with Crippen LogP contribution >= 0.6 is 0 Å². The van der Waals surface area contributed by atoms with Crippen molar-refractivity contribution in [1.82, 2.24) is 14.9 Å². The summed E-state index contributed by atoms with van der Waals surface area (Å²) in [5.74, 6) is -0.748. The fraction of sp³-hybridized carbons (Fsp3) is 0.333. The summed E-state index contributed by atoms with van der Waals surface area (Å²) in [6.07, 6.45) is -2.45. The first-order chi connectivity index (χ1) is 14.7. The summed E-state index contributed by atoms with van der Waals surface area (Å²) in [5.41, 5.74) is 6.87. The van der Waals surface area contributed by atoms with Crippen molar-refractivity contribution in [1.29, 1.82) is 0 Å². The van der Waals surface area contributed by atoms with E-state index in [9.17, 15) is 22.8 Å². The fourth-order valence-electron chi connectivity index (χ4n) is 3.33. The van der Waals surface area contributed by atoms with Crippen LogP contribution in [0.25, 0.3) is 6.08 Å². The third-order valence-electron chi connectivity index (χ3n) is 4.91. The Morgan fingerprint density at radius 3 is 2.71 bits per heavy atom. The van der Waals surface area contributed by atoms with Crippen LogP contribution in [0.2, 0.25) is 0 Å². The van der Waals surface area contributed by atoms with E-state index in [0.29, 0.717) is 30.9 Å². The lowest BCUT2D eigenvalue weighted by Gasteiger charge is -2.23. The van der Waals surface area contributed by atoms with Gasteiger partial charge in [-0.25, -0.2) is 9.97 Å². The van der Waals surface area contributed by atoms with Gasteiger partial charge in [-0.3, -0.25) is 9.59 Å². The number of alkyl halides is 3. The number of anilines is 2. The number of nitrogens with zero attached hydrogens (tertiary/aromatic N) is 4. The SMILES string of the molecule is C=Cc1cnc(N)c(C(=O)c2cccc(N3CCCN(C(=O)CC(F)(F)F)CC3)n2)c1.[HH].[HH]. The van der Waals surface area contributed by atoms with Gasteiger partial charge in [-0.15, -0.1) is 0 Å². The van der Waals surface area contributed by atoms with Gasteiger partial charge in [0.05, 0.1) is 5.56 Å². The second kappa shape index (κ2) is 9.15. The molecule has 0 aromatic carbocycles. The van der Waals surface area contributed by atoms with Crippen molar-refractivity contribution >= 4 is 29.4 Å². The first-order valence-corrected chi connectivity index (χ1v) is 9.67. The third-order valence-corrected chi connectivity index (χ3v) is 4.91. The molecule has 0 aliphatic carbocycles. The molecule has 0 atom stereocenters. The smallest absolute Gasteiger partial charge is 0.383 e. The molecule has 1 aliphatic rings. The molecule has 10 heteroatoms. The number of hydrogen-bond donors (Lipinski definition) is 1. The normalized spacial score (nSPS) is 14.8. The number of ketones is 1. The number of halogens is 3. The zero-order valence-corrected chi connectivity index (χ0v) is 16.7. The number of carbonyl (C=O) groups is 2. The van der Waals surface area contributed by atoms with Crippen LogP contribution in [0.1, 0.15) is 37.3 Å². The summed E-state index contributed by atoms with van der Waals surface area (Å²) in [5, 5.41) is 0. The van der Waals surface area contributed by atoms with Crippen LogP contribution in [0.4, 0.5) is 24.8 Å². The highest BCUT2D eigenvalue weighted by Crippen LogP contribution is 2.22. The van der Waals surface area contributed by atoms with E-state index in [1.54, 1.807) is 30.3 Å². The summed E-state index contributed by atoms with van der Waals surface area (Å²) in [7, 11) is 0. The van der Waals surface area contributed by atoms with Crippen LogP contribution in [-0.4, -0.2) is 58.9 Å². The number of nitrogen functional groups attached to an aromatic ring is 1. The second-order valence-corrected chi connectivity index (χ2v) is 7.13. The van der Waals surface area contributed by atoms with E-state index in [-0.39, 0.29) is 33.0 Å². The van der Waals surface area contributed by atoms with Gasteiger partial charge in [-0.1, -0.05) is 18.7 Å². The molecule has 31 heavy (non-hydrogen) atoms. The molecule has 1 aliphatic heterocycles. The van der Waals surface area contributed by atoms with Gasteiger partial charge >= 0.3 is 6.18 Å². The number of pyridine rings is 2. The van der Waals surface area contributed by atoms with Crippen LogP contribution in [0.3, 0.4) is 0 Å². The monoisotopic (exact) mass is 437 g/mol. The van der Waals surface area contributed by atoms with E-state index < -0.39 is 24.3 Å². The van der Waals surface area contributed by atoms with Gasteiger partial charge in [0.1, 0.15) is 23.8 Å². The molecule has 3 heterocycles. The molecule has 1 amide bonds. The Kier molecular flexibility index (Phi) is 6.57. The summed E-state index contributed by atoms with van der Waals surface area (Å²) in [6.45, 7) is 4.84. The largest absolute Gasteiger partial charge is 0.397 e. The van der Waals surface area contributed by atoms with Crippen molar-refractivity contribution in [2.75, 3.05) is 36.8 Å². The lowest BCUT2D eigenvalue weighted by molar-refractivity contribution is -0.161. The van der Waals surface area contributed by atoms with E-state index in [0.717, 1.165) is 0 Å². The van der Waals surface area contributed by atoms with Gasteiger partial charge < -0.3 is 15.5 Å². The number of rotatable bonds is 5. The second-order valence-electron chi connectivity index (χ2n) is 7.13. The third kappa shape index (κ3) is 5.59. The molecule has 3 rings (SSSR count). The van der Waals surface area contributed by atoms with E-state index in [1.165, 1.54) is 11.1 Å². The van der Waals surface area contributed by atoms with E-state index in [2.05, 4.69) is 16.5 Å². The zero-order chi connectivity index (χ0) is 22.6. The Hall–Kier alpha value is -3.43. The molecular weight excluding hydrogens is 411 g/mol. The number of carbonyl (C=O) groups excluding carboxylic acids is 2.